The summed E-state index contributed by atoms with van der Waals surface area (Å²) in [4.78, 5) is 18.0. The maximum absolute atomic E-state index is 12.8. The number of anilines is 1. The molecule has 1 fully saturated rings. The molecule has 188 valence electrons. The summed E-state index contributed by atoms with van der Waals surface area (Å²) >= 11 is 0. The van der Waals surface area contributed by atoms with E-state index in [1.165, 1.54) is 4.31 Å². The van der Waals surface area contributed by atoms with Crippen LogP contribution in [0.25, 0.3) is 11.3 Å². The topological polar surface area (TPSA) is 96.7 Å². The summed E-state index contributed by atoms with van der Waals surface area (Å²) in [5.41, 5.74) is 2.99. The molecule has 35 heavy (non-hydrogen) atoms. The molecule has 3 aromatic rings. The van der Waals surface area contributed by atoms with Crippen molar-refractivity contribution in [3.63, 3.8) is 0 Å². The standard InChI is InChI=1S/C24H33N7O3S/c1-19-27-22(17-28(19)2)35(32,33)29(3)11-12-30-13-15-31(16-14-30)24-23(25-9-10-26-24)21-7-5-20(6-8-21)18-34-4/h5-10,17H,11-16,18H2,1-4H3. The minimum absolute atomic E-state index is 0.0928. The molecular weight excluding hydrogens is 466 g/mol. The summed E-state index contributed by atoms with van der Waals surface area (Å²) in [6.45, 7) is 6.66. The highest BCUT2D eigenvalue weighted by atomic mass is 32.2. The molecule has 0 aliphatic carbocycles. The van der Waals surface area contributed by atoms with Gasteiger partial charge in [0.25, 0.3) is 10.0 Å². The molecule has 10 nitrogen and oxygen atoms in total. The first-order valence-electron chi connectivity index (χ1n) is 11.6. The van der Waals surface area contributed by atoms with Crippen LogP contribution in [0.4, 0.5) is 5.82 Å². The number of ether oxygens (including phenoxy) is 1. The van der Waals surface area contributed by atoms with Gasteiger partial charge in [-0.15, -0.1) is 0 Å². The molecule has 0 bridgehead atoms. The van der Waals surface area contributed by atoms with E-state index in [0.29, 0.717) is 25.5 Å². The van der Waals surface area contributed by atoms with Crippen LogP contribution in [0, 0.1) is 6.92 Å². The quantitative estimate of drug-likeness (QED) is 0.440. The summed E-state index contributed by atoms with van der Waals surface area (Å²) in [6.07, 6.45) is 5.00. The molecule has 0 radical (unpaired) electrons. The first-order chi connectivity index (χ1) is 16.8. The van der Waals surface area contributed by atoms with E-state index in [1.807, 2.05) is 12.1 Å². The van der Waals surface area contributed by atoms with Crippen molar-refractivity contribution in [2.24, 2.45) is 7.05 Å². The highest BCUT2D eigenvalue weighted by Crippen LogP contribution is 2.27. The number of aryl methyl sites for hydroxylation is 2. The van der Waals surface area contributed by atoms with Gasteiger partial charge < -0.3 is 14.2 Å². The number of likely N-dealkylation sites (N-methyl/N-ethyl adjacent to an activating group) is 1. The SMILES string of the molecule is COCc1ccc(-c2nccnc2N2CCN(CCN(C)S(=O)(=O)c3cn(C)c(C)n3)CC2)cc1. The van der Waals surface area contributed by atoms with Gasteiger partial charge in [0.1, 0.15) is 11.5 Å². The van der Waals surface area contributed by atoms with Gasteiger partial charge in [-0.3, -0.25) is 9.88 Å². The third-order valence-electron chi connectivity index (χ3n) is 6.38. The normalized spacial score (nSPS) is 15.2. The average molecular weight is 500 g/mol. The summed E-state index contributed by atoms with van der Waals surface area (Å²) in [7, 11) is 1.49. The van der Waals surface area contributed by atoms with Gasteiger partial charge in [0.05, 0.1) is 6.61 Å². The number of hydrogen-bond acceptors (Lipinski definition) is 8. The van der Waals surface area contributed by atoms with Gasteiger partial charge in [0.2, 0.25) is 0 Å². The van der Waals surface area contributed by atoms with Gasteiger partial charge in [-0.05, 0) is 12.5 Å². The third kappa shape index (κ3) is 5.69. The van der Waals surface area contributed by atoms with Crippen molar-refractivity contribution in [3.05, 3.63) is 54.2 Å². The number of methoxy groups -OCH3 is 1. The van der Waals surface area contributed by atoms with Crippen LogP contribution in [0.15, 0.2) is 47.9 Å². The molecule has 1 aromatic carbocycles. The predicted molar refractivity (Wildman–Crippen MR) is 135 cm³/mol. The van der Waals surface area contributed by atoms with E-state index in [1.54, 1.807) is 51.3 Å². The number of hydrogen-bond donors (Lipinski definition) is 0. The highest BCUT2D eigenvalue weighted by Gasteiger charge is 2.26. The van der Waals surface area contributed by atoms with Crippen LogP contribution in [0.5, 0.6) is 0 Å². The Hall–Kier alpha value is -2.86. The maximum atomic E-state index is 12.8. The minimum atomic E-state index is -3.60. The fourth-order valence-corrected chi connectivity index (χ4v) is 5.27. The Kier molecular flexibility index (Phi) is 7.80. The van der Waals surface area contributed by atoms with Gasteiger partial charge in [-0.1, -0.05) is 24.3 Å². The monoisotopic (exact) mass is 499 g/mol. The zero-order valence-corrected chi connectivity index (χ0v) is 21.6. The number of nitrogens with zero attached hydrogens (tertiary/aromatic N) is 7. The Morgan fingerprint density at radius 1 is 1.06 bits per heavy atom. The Morgan fingerprint density at radius 3 is 2.37 bits per heavy atom. The summed E-state index contributed by atoms with van der Waals surface area (Å²) in [5, 5.41) is 0.0928. The lowest BCUT2D eigenvalue weighted by molar-refractivity contribution is 0.185. The van der Waals surface area contributed by atoms with Gasteiger partial charge in [0, 0.05) is 84.6 Å². The zero-order chi connectivity index (χ0) is 25.0. The lowest BCUT2D eigenvalue weighted by atomic mass is 10.1. The molecule has 0 amide bonds. The number of piperazine rings is 1. The van der Waals surface area contributed by atoms with Gasteiger partial charge in [0.15, 0.2) is 10.8 Å². The van der Waals surface area contributed by atoms with E-state index in [9.17, 15) is 8.42 Å². The molecule has 0 unspecified atom stereocenters. The van der Waals surface area contributed by atoms with Crippen molar-refractivity contribution in [1.29, 1.82) is 0 Å². The molecule has 0 atom stereocenters. The first kappa shape index (κ1) is 25.2. The Labute approximate surface area is 207 Å². The lowest BCUT2D eigenvalue weighted by Crippen LogP contribution is -2.49. The first-order valence-corrected chi connectivity index (χ1v) is 13.1. The molecule has 3 heterocycles. The van der Waals surface area contributed by atoms with Crippen molar-refractivity contribution in [2.45, 2.75) is 18.6 Å². The van der Waals surface area contributed by atoms with Crippen LogP contribution < -0.4 is 4.90 Å². The fraction of sp³-hybridized carbons (Fsp3) is 0.458. The van der Waals surface area contributed by atoms with Crippen molar-refractivity contribution < 1.29 is 13.2 Å². The van der Waals surface area contributed by atoms with Gasteiger partial charge >= 0.3 is 0 Å². The smallest absolute Gasteiger partial charge is 0.261 e. The van der Waals surface area contributed by atoms with Crippen LogP contribution in [-0.4, -0.2) is 90.6 Å². The number of aromatic nitrogens is 4. The molecule has 1 aliphatic rings. The molecule has 11 heteroatoms. The number of sulfonamides is 1. The van der Waals surface area contributed by atoms with Crippen LogP contribution in [0.3, 0.4) is 0 Å². The highest BCUT2D eigenvalue weighted by molar-refractivity contribution is 7.89. The van der Waals surface area contributed by atoms with Crippen LogP contribution in [-0.2, 0) is 28.4 Å². The van der Waals surface area contributed by atoms with Gasteiger partial charge in [-0.2, -0.15) is 4.31 Å². The average Bonchev–Trinajstić information content (AvgIpc) is 3.22. The third-order valence-corrected chi connectivity index (χ3v) is 8.11. The summed E-state index contributed by atoms with van der Waals surface area (Å²) in [5.74, 6) is 1.54. The van der Waals surface area contributed by atoms with E-state index in [2.05, 4.69) is 36.9 Å². The fourth-order valence-electron chi connectivity index (χ4n) is 4.09. The molecular formula is C24H33N7O3S. The minimum Gasteiger partial charge on any atom is -0.380 e. The van der Waals surface area contributed by atoms with Crippen molar-refractivity contribution in [1.82, 2.24) is 28.7 Å². The summed E-state index contributed by atoms with van der Waals surface area (Å²) in [6, 6.07) is 8.20. The van der Waals surface area contributed by atoms with E-state index >= 15 is 0 Å². The van der Waals surface area contributed by atoms with Crippen molar-refractivity contribution in [2.75, 3.05) is 58.3 Å². The van der Waals surface area contributed by atoms with Crippen LogP contribution in [0.2, 0.25) is 0 Å². The number of rotatable bonds is 9. The Bertz CT molecular complexity index is 1220. The van der Waals surface area contributed by atoms with E-state index < -0.39 is 10.0 Å². The van der Waals surface area contributed by atoms with Crippen LogP contribution >= 0.6 is 0 Å². The largest absolute Gasteiger partial charge is 0.380 e. The van der Waals surface area contributed by atoms with E-state index in [0.717, 1.165) is 48.8 Å². The molecule has 2 aromatic heterocycles. The zero-order valence-electron chi connectivity index (χ0n) is 20.8. The molecule has 1 aliphatic heterocycles. The number of benzene rings is 1. The lowest BCUT2D eigenvalue weighted by Gasteiger charge is -2.36. The maximum Gasteiger partial charge on any atom is 0.261 e. The Morgan fingerprint density at radius 2 is 1.74 bits per heavy atom. The second-order valence-electron chi connectivity index (χ2n) is 8.75. The molecule has 0 spiro atoms. The molecule has 0 saturated carbocycles. The predicted octanol–water partition coefficient (Wildman–Crippen LogP) is 1.77. The van der Waals surface area contributed by atoms with Crippen molar-refractivity contribution in [3.8, 4) is 11.3 Å². The van der Waals surface area contributed by atoms with Crippen LogP contribution in [0.1, 0.15) is 11.4 Å². The second kappa shape index (κ2) is 10.8. The van der Waals surface area contributed by atoms with Crippen molar-refractivity contribution >= 4 is 15.8 Å². The van der Waals surface area contributed by atoms with E-state index in [-0.39, 0.29) is 5.03 Å². The van der Waals surface area contributed by atoms with Gasteiger partial charge in [-0.25, -0.2) is 18.4 Å². The molecule has 0 N–H and O–H groups in total. The molecule has 1 saturated heterocycles. The molecule has 4 rings (SSSR count). The summed E-state index contributed by atoms with van der Waals surface area (Å²) < 4.78 is 34.0. The van der Waals surface area contributed by atoms with E-state index in [4.69, 9.17) is 4.74 Å². The number of imidazole rings is 1. The Balaban J connectivity index is 1.35. The second-order valence-corrected chi connectivity index (χ2v) is 10.7.